The molecular weight excluding hydrogens is 351 g/mol. The number of anilines is 1. The molecule has 0 radical (unpaired) electrons. The van der Waals surface area contributed by atoms with E-state index in [2.05, 4.69) is 15.2 Å². The molecule has 27 heavy (non-hydrogen) atoms. The molecule has 2 aromatic carbocycles. The number of halogens is 1. The van der Waals surface area contributed by atoms with E-state index < -0.39 is 11.7 Å². The molecule has 2 amide bonds. The highest BCUT2D eigenvalue weighted by molar-refractivity contribution is 6.05. The lowest BCUT2D eigenvalue weighted by Gasteiger charge is -2.14. The maximum Gasteiger partial charge on any atom is 0.284 e. The zero-order chi connectivity index (χ0) is 19.1. The van der Waals surface area contributed by atoms with Gasteiger partial charge in [0.25, 0.3) is 5.91 Å². The average molecular weight is 366 g/mol. The summed E-state index contributed by atoms with van der Waals surface area (Å²) in [5, 5.41) is 18.1. The van der Waals surface area contributed by atoms with Crippen LogP contribution in [0.2, 0.25) is 0 Å². The number of nitrogens with zero attached hydrogens (tertiary/aromatic N) is 3. The van der Waals surface area contributed by atoms with Crippen LogP contribution in [0.3, 0.4) is 0 Å². The molecule has 1 aliphatic rings. The minimum absolute atomic E-state index is 0.0417. The van der Waals surface area contributed by atoms with Gasteiger partial charge in [0.1, 0.15) is 12.4 Å². The van der Waals surface area contributed by atoms with Crippen LogP contribution in [0.4, 0.5) is 15.8 Å². The largest absolute Gasteiger partial charge is 0.493 e. The monoisotopic (exact) mass is 366 g/mol. The summed E-state index contributed by atoms with van der Waals surface area (Å²) in [6.07, 6.45) is 0.0417. The predicted octanol–water partition coefficient (Wildman–Crippen LogP) is 3.52. The van der Waals surface area contributed by atoms with Gasteiger partial charge in [-0.1, -0.05) is 11.6 Å². The summed E-state index contributed by atoms with van der Waals surface area (Å²) in [6.45, 7) is 1.60. The second kappa shape index (κ2) is 6.31. The Kier molecular flexibility index (Phi) is 3.95. The molecule has 0 bridgehead atoms. The van der Waals surface area contributed by atoms with Crippen molar-refractivity contribution in [3.63, 3.8) is 0 Å². The number of aromatic hydroxyl groups is 1. The number of fused-ring (bicyclic) bond motifs is 2. The third-order valence-corrected chi connectivity index (χ3v) is 4.44. The first-order valence-electron chi connectivity index (χ1n) is 8.27. The molecule has 0 saturated carbocycles. The number of aryl methyl sites for hydroxylation is 1. The molecule has 7 nitrogen and oxygen atoms in total. The Morgan fingerprint density at radius 1 is 1.30 bits per heavy atom. The lowest BCUT2D eigenvalue weighted by atomic mass is 10.1. The van der Waals surface area contributed by atoms with Gasteiger partial charge in [0, 0.05) is 11.1 Å². The molecule has 0 atom stereocenters. The Labute approximate surface area is 153 Å². The SMILES string of the molecule is Cc1ccc2[nH]c(O)c(N=NC(=O)CN3C(=O)Cc4cc(F)ccc43)c2c1. The lowest BCUT2D eigenvalue weighted by molar-refractivity contribution is -0.121. The number of hydrogen-bond donors (Lipinski definition) is 2. The molecule has 0 saturated heterocycles. The van der Waals surface area contributed by atoms with E-state index in [1.165, 1.54) is 23.1 Å². The van der Waals surface area contributed by atoms with Crippen molar-refractivity contribution in [2.45, 2.75) is 13.3 Å². The first kappa shape index (κ1) is 16.9. The summed E-state index contributed by atoms with van der Waals surface area (Å²) < 4.78 is 13.3. The Hall–Kier alpha value is -3.55. The van der Waals surface area contributed by atoms with Crippen molar-refractivity contribution >= 4 is 34.1 Å². The molecule has 136 valence electrons. The van der Waals surface area contributed by atoms with Crippen LogP contribution in [0.1, 0.15) is 11.1 Å². The van der Waals surface area contributed by atoms with Crippen molar-refractivity contribution in [2.24, 2.45) is 10.2 Å². The van der Waals surface area contributed by atoms with Crippen molar-refractivity contribution < 1.29 is 19.1 Å². The van der Waals surface area contributed by atoms with Gasteiger partial charge in [-0.15, -0.1) is 10.2 Å². The number of rotatable bonds is 3. The summed E-state index contributed by atoms with van der Waals surface area (Å²) in [5.74, 6) is -1.57. The van der Waals surface area contributed by atoms with E-state index in [4.69, 9.17) is 0 Å². The van der Waals surface area contributed by atoms with E-state index >= 15 is 0 Å². The van der Waals surface area contributed by atoms with Gasteiger partial charge in [0.15, 0.2) is 5.69 Å². The topological polar surface area (TPSA) is 98.1 Å². The molecule has 1 aromatic heterocycles. The Morgan fingerprint density at radius 3 is 2.93 bits per heavy atom. The smallest absolute Gasteiger partial charge is 0.284 e. The van der Waals surface area contributed by atoms with Crippen LogP contribution in [-0.4, -0.2) is 28.4 Å². The fraction of sp³-hybridized carbons (Fsp3) is 0.158. The molecule has 0 unspecified atom stereocenters. The van der Waals surface area contributed by atoms with Crippen LogP contribution >= 0.6 is 0 Å². The second-order valence-corrected chi connectivity index (χ2v) is 6.39. The third kappa shape index (κ3) is 3.05. The standard InChI is InChI=1S/C19H15FN4O3/c1-10-2-4-14-13(6-10)18(19(27)21-14)23-22-16(25)9-24-15-5-3-12(20)7-11(15)8-17(24)26/h2-7,21,27H,8-9H2,1H3. The number of aromatic nitrogens is 1. The highest BCUT2D eigenvalue weighted by Gasteiger charge is 2.29. The number of carbonyl (C=O) groups excluding carboxylic acids is 2. The van der Waals surface area contributed by atoms with Gasteiger partial charge in [0.05, 0.1) is 11.9 Å². The van der Waals surface area contributed by atoms with Crippen molar-refractivity contribution in [3.05, 3.63) is 53.3 Å². The summed E-state index contributed by atoms with van der Waals surface area (Å²) in [7, 11) is 0. The van der Waals surface area contributed by atoms with Crippen LogP contribution < -0.4 is 4.90 Å². The van der Waals surface area contributed by atoms with Crippen molar-refractivity contribution in [2.75, 3.05) is 11.4 Å². The minimum Gasteiger partial charge on any atom is -0.493 e. The van der Waals surface area contributed by atoms with E-state index in [1.807, 2.05) is 19.1 Å². The molecule has 1 aliphatic heterocycles. The number of H-pyrrole nitrogens is 1. The van der Waals surface area contributed by atoms with E-state index in [1.54, 1.807) is 6.07 Å². The first-order chi connectivity index (χ1) is 12.9. The van der Waals surface area contributed by atoms with Gasteiger partial charge in [-0.05, 0) is 42.8 Å². The van der Waals surface area contributed by atoms with Gasteiger partial charge in [0.2, 0.25) is 11.8 Å². The molecule has 0 spiro atoms. The fourth-order valence-corrected chi connectivity index (χ4v) is 3.18. The van der Waals surface area contributed by atoms with E-state index in [0.29, 0.717) is 22.2 Å². The fourth-order valence-electron chi connectivity index (χ4n) is 3.18. The van der Waals surface area contributed by atoms with Gasteiger partial charge in [-0.2, -0.15) is 0 Å². The van der Waals surface area contributed by atoms with E-state index in [-0.39, 0.29) is 30.4 Å². The normalized spacial score (nSPS) is 13.7. The Balaban J connectivity index is 1.56. The van der Waals surface area contributed by atoms with Gasteiger partial charge < -0.3 is 15.0 Å². The van der Waals surface area contributed by atoms with Gasteiger partial charge in [-0.25, -0.2) is 4.39 Å². The van der Waals surface area contributed by atoms with Crippen molar-refractivity contribution in [1.29, 1.82) is 0 Å². The van der Waals surface area contributed by atoms with Crippen LogP contribution in [-0.2, 0) is 16.0 Å². The van der Waals surface area contributed by atoms with Crippen LogP contribution in [0.5, 0.6) is 5.88 Å². The number of azo groups is 1. The van der Waals surface area contributed by atoms with Crippen LogP contribution in [0.25, 0.3) is 10.9 Å². The van der Waals surface area contributed by atoms with Gasteiger partial charge >= 0.3 is 0 Å². The molecule has 0 fully saturated rings. The number of benzene rings is 2. The first-order valence-corrected chi connectivity index (χ1v) is 8.27. The average Bonchev–Trinajstić information content (AvgIpc) is 3.08. The number of aromatic amines is 1. The van der Waals surface area contributed by atoms with Crippen LogP contribution in [0.15, 0.2) is 46.6 Å². The van der Waals surface area contributed by atoms with Crippen molar-refractivity contribution in [3.8, 4) is 5.88 Å². The maximum atomic E-state index is 13.3. The summed E-state index contributed by atoms with van der Waals surface area (Å²) in [4.78, 5) is 28.3. The maximum absolute atomic E-state index is 13.3. The van der Waals surface area contributed by atoms with Gasteiger partial charge in [-0.3, -0.25) is 9.59 Å². The molecule has 0 aliphatic carbocycles. The number of carbonyl (C=O) groups is 2. The number of amides is 2. The zero-order valence-electron chi connectivity index (χ0n) is 14.4. The molecule has 3 aromatic rings. The third-order valence-electron chi connectivity index (χ3n) is 4.44. The molecule has 8 heteroatoms. The number of nitrogens with one attached hydrogen (secondary N) is 1. The quantitative estimate of drug-likeness (QED) is 0.694. The molecule has 2 heterocycles. The van der Waals surface area contributed by atoms with Crippen molar-refractivity contribution in [1.82, 2.24) is 4.98 Å². The highest BCUT2D eigenvalue weighted by atomic mass is 19.1. The van der Waals surface area contributed by atoms with Crippen LogP contribution in [0, 0.1) is 12.7 Å². The summed E-state index contributed by atoms with van der Waals surface area (Å²) in [5.41, 5.74) is 2.84. The zero-order valence-corrected chi connectivity index (χ0v) is 14.4. The minimum atomic E-state index is -0.651. The molecule has 4 rings (SSSR count). The van der Waals surface area contributed by atoms with E-state index in [0.717, 1.165) is 5.56 Å². The van der Waals surface area contributed by atoms with E-state index in [9.17, 15) is 19.1 Å². The lowest BCUT2D eigenvalue weighted by Crippen LogP contribution is -2.31. The molecule has 2 N–H and O–H groups in total. The second-order valence-electron chi connectivity index (χ2n) is 6.39. The summed E-state index contributed by atoms with van der Waals surface area (Å²) >= 11 is 0. The highest BCUT2D eigenvalue weighted by Crippen LogP contribution is 2.36. The predicted molar refractivity (Wildman–Crippen MR) is 96.7 cm³/mol. The Morgan fingerprint density at radius 2 is 2.11 bits per heavy atom. The Bertz CT molecular complexity index is 1120. The number of hydrogen-bond acceptors (Lipinski definition) is 4. The summed E-state index contributed by atoms with van der Waals surface area (Å²) in [6, 6.07) is 9.48. The molecular formula is C19H15FN4O3.